The van der Waals surface area contributed by atoms with Crippen LogP contribution in [-0.2, 0) is 15.7 Å². The summed E-state index contributed by atoms with van der Waals surface area (Å²) < 4.78 is 44.2. The van der Waals surface area contributed by atoms with Gasteiger partial charge in [0.1, 0.15) is 5.76 Å². The molecular weight excluding hydrogens is 319 g/mol. The first-order valence-corrected chi connectivity index (χ1v) is 7.26. The van der Waals surface area contributed by atoms with Crippen LogP contribution in [0.5, 0.6) is 0 Å². The maximum atomic E-state index is 12.9. The van der Waals surface area contributed by atoms with Crippen LogP contribution in [0, 0.1) is 0 Å². The molecule has 2 aromatic rings. The van der Waals surface area contributed by atoms with Crippen LogP contribution >= 0.6 is 0 Å². The lowest BCUT2D eigenvalue weighted by Gasteiger charge is -2.30. The van der Waals surface area contributed by atoms with E-state index in [0.29, 0.717) is 16.9 Å². The Bertz CT molecular complexity index is 797. The molecule has 0 radical (unpaired) electrons. The molecule has 0 bridgehead atoms. The quantitative estimate of drug-likeness (QED) is 0.812. The maximum Gasteiger partial charge on any atom is 0.416 e. The molecule has 3 rings (SSSR count). The molecule has 0 unspecified atom stereocenters. The Kier molecular flexibility index (Phi) is 4.05. The second-order valence-corrected chi connectivity index (χ2v) is 5.35. The number of alkyl halides is 3. The van der Waals surface area contributed by atoms with E-state index in [2.05, 4.69) is 0 Å². The summed E-state index contributed by atoms with van der Waals surface area (Å²) in [5.74, 6) is 0.0682. The fourth-order valence-electron chi connectivity index (χ4n) is 2.55. The molecular formula is C18H14F3NO2. The van der Waals surface area contributed by atoms with E-state index < -0.39 is 11.7 Å². The average Bonchev–Trinajstić information content (AvgIpc) is 2.55. The van der Waals surface area contributed by atoms with Gasteiger partial charge in [-0.15, -0.1) is 0 Å². The van der Waals surface area contributed by atoms with Crippen LogP contribution in [0.25, 0.3) is 5.57 Å². The number of anilines is 1. The standard InChI is InChI=1S/C18H14F3NO2/c1-12-16(13-6-3-2-4-7-13)17(23)22(11-24-12)15-9-5-8-14(10-15)18(19,20)21/h2-10H,11H2,1H3. The Balaban J connectivity index is 1.99. The molecule has 6 heteroatoms. The van der Waals surface area contributed by atoms with E-state index in [-0.39, 0.29) is 18.3 Å². The second-order valence-electron chi connectivity index (χ2n) is 5.35. The van der Waals surface area contributed by atoms with Gasteiger partial charge < -0.3 is 4.74 Å². The molecule has 1 heterocycles. The number of hydrogen-bond acceptors (Lipinski definition) is 2. The van der Waals surface area contributed by atoms with E-state index in [4.69, 9.17) is 4.74 Å². The first kappa shape index (κ1) is 16.1. The van der Waals surface area contributed by atoms with Crippen molar-refractivity contribution in [2.75, 3.05) is 11.6 Å². The highest BCUT2D eigenvalue weighted by atomic mass is 19.4. The summed E-state index contributed by atoms with van der Waals surface area (Å²) in [4.78, 5) is 14.0. The van der Waals surface area contributed by atoms with E-state index in [9.17, 15) is 18.0 Å². The number of carbonyl (C=O) groups is 1. The van der Waals surface area contributed by atoms with Gasteiger partial charge in [-0.1, -0.05) is 36.4 Å². The highest BCUT2D eigenvalue weighted by Gasteiger charge is 2.33. The topological polar surface area (TPSA) is 29.5 Å². The molecule has 2 aromatic carbocycles. The van der Waals surface area contributed by atoms with Crippen molar-refractivity contribution in [2.24, 2.45) is 0 Å². The third-order valence-electron chi connectivity index (χ3n) is 3.77. The van der Waals surface area contributed by atoms with Crippen LogP contribution in [0.4, 0.5) is 18.9 Å². The number of amides is 1. The van der Waals surface area contributed by atoms with E-state index >= 15 is 0 Å². The third-order valence-corrected chi connectivity index (χ3v) is 3.77. The largest absolute Gasteiger partial charge is 0.476 e. The van der Waals surface area contributed by atoms with Crippen LogP contribution in [0.15, 0.2) is 60.4 Å². The molecule has 0 atom stereocenters. The predicted molar refractivity (Wildman–Crippen MR) is 83.9 cm³/mol. The van der Waals surface area contributed by atoms with Crippen molar-refractivity contribution < 1.29 is 22.7 Å². The predicted octanol–water partition coefficient (Wildman–Crippen LogP) is 4.46. The molecule has 1 aliphatic heterocycles. The lowest BCUT2D eigenvalue weighted by Crippen LogP contribution is -2.37. The third kappa shape index (κ3) is 2.99. The van der Waals surface area contributed by atoms with Crippen molar-refractivity contribution >= 4 is 17.2 Å². The van der Waals surface area contributed by atoms with Crippen molar-refractivity contribution in [3.05, 3.63) is 71.5 Å². The molecule has 1 amide bonds. The fraction of sp³-hybridized carbons (Fsp3) is 0.167. The average molecular weight is 333 g/mol. The minimum atomic E-state index is -4.47. The van der Waals surface area contributed by atoms with Gasteiger partial charge in [-0.05, 0) is 30.7 Å². The van der Waals surface area contributed by atoms with Crippen LogP contribution in [0.3, 0.4) is 0 Å². The van der Waals surface area contributed by atoms with Crippen LogP contribution in [0.2, 0.25) is 0 Å². The molecule has 0 aliphatic carbocycles. The van der Waals surface area contributed by atoms with Crippen molar-refractivity contribution in [2.45, 2.75) is 13.1 Å². The minimum Gasteiger partial charge on any atom is -0.476 e. The van der Waals surface area contributed by atoms with Gasteiger partial charge >= 0.3 is 6.18 Å². The molecule has 1 aliphatic rings. The van der Waals surface area contributed by atoms with Gasteiger partial charge in [-0.3, -0.25) is 9.69 Å². The van der Waals surface area contributed by atoms with Gasteiger partial charge in [0.15, 0.2) is 6.73 Å². The van der Waals surface area contributed by atoms with Crippen LogP contribution < -0.4 is 4.90 Å². The number of carbonyl (C=O) groups excluding carboxylic acids is 1. The number of halogens is 3. The number of allylic oxidation sites excluding steroid dienone is 1. The van der Waals surface area contributed by atoms with E-state index in [1.807, 2.05) is 6.07 Å². The second kappa shape index (κ2) is 6.03. The summed E-state index contributed by atoms with van der Waals surface area (Å²) >= 11 is 0. The SMILES string of the molecule is CC1=C(c2ccccc2)C(=O)N(c2cccc(C(F)(F)F)c2)CO1. The zero-order chi connectivity index (χ0) is 17.3. The molecule has 0 spiro atoms. The minimum absolute atomic E-state index is 0.123. The first-order chi connectivity index (χ1) is 11.4. The Labute approximate surface area is 137 Å². The maximum absolute atomic E-state index is 12.9. The van der Waals surface area contributed by atoms with Gasteiger partial charge in [-0.2, -0.15) is 13.2 Å². The zero-order valence-electron chi connectivity index (χ0n) is 12.8. The van der Waals surface area contributed by atoms with Gasteiger partial charge in [0.05, 0.1) is 11.1 Å². The lowest BCUT2D eigenvalue weighted by atomic mass is 10.0. The molecule has 0 fully saturated rings. The number of rotatable bonds is 2. The van der Waals surface area contributed by atoms with Crippen molar-refractivity contribution in [1.82, 2.24) is 0 Å². The van der Waals surface area contributed by atoms with Crippen molar-refractivity contribution in [1.29, 1.82) is 0 Å². The van der Waals surface area contributed by atoms with E-state index in [1.54, 1.807) is 31.2 Å². The van der Waals surface area contributed by atoms with Gasteiger partial charge in [0, 0.05) is 5.69 Å². The van der Waals surface area contributed by atoms with Crippen LogP contribution in [0.1, 0.15) is 18.1 Å². The molecule has 0 N–H and O–H groups in total. The van der Waals surface area contributed by atoms with Crippen LogP contribution in [-0.4, -0.2) is 12.6 Å². The lowest BCUT2D eigenvalue weighted by molar-refractivity contribution is -0.137. The summed E-state index contributed by atoms with van der Waals surface area (Å²) in [6.45, 7) is 1.55. The summed E-state index contributed by atoms with van der Waals surface area (Å²) in [5, 5.41) is 0. The molecule has 0 saturated heterocycles. The Morgan fingerprint density at radius 1 is 1.04 bits per heavy atom. The number of benzene rings is 2. The highest BCUT2D eigenvalue weighted by molar-refractivity contribution is 6.27. The normalized spacial score (nSPS) is 15.5. The smallest absolute Gasteiger partial charge is 0.416 e. The summed E-state index contributed by atoms with van der Waals surface area (Å²) in [6, 6.07) is 13.6. The molecule has 0 saturated carbocycles. The van der Waals surface area contributed by atoms with E-state index in [0.717, 1.165) is 12.1 Å². The zero-order valence-corrected chi connectivity index (χ0v) is 12.8. The van der Waals surface area contributed by atoms with E-state index in [1.165, 1.54) is 17.0 Å². The molecule has 124 valence electrons. The Morgan fingerprint density at radius 3 is 2.42 bits per heavy atom. The molecule has 24 heavy (non-hydrogen) atoms. The Hall–Kier alpha value is -2.76. The molecule has 0 aromatic heterocycles. The summed E-state index contributed by atoms with van der Waals surface area (Å²) in [7, 11) is 0. The number of nitrogens with zero attached hydrogens (tertiary/aromatic N) is 1. The van der Waals surface area contributed by atoms with Gasteiger partial charge in [0.2, 0.25) is 0 Å². The fourth-order valence-corrected chi connectivity index (χ4v) is 2.55. The monoisotopic (exact) mass is 333 g/mol. The summed E-state index contributed by atoms with van der Waals surface area (Å²) in [5.41, 5.74) is 0.354. The summed E-state index contributed by atoms with van der Waals surface area (Å²) in [6.07, 6.45) is -4.47. The van der Waals surface area contributed by atoms with Gasteiger partial charge in [0.25, 0.3) is 5.91 Å². The van der Waals surface area contributed by atoms with Crippen molar-refractivity contribution in [3.63, 3.8) is 0 Å². The first-order valence-electron chi connectivity index (χ1n) is 7.26. The van der Waals surface area contributed by atoms with Crippen molar-refractivity contribution in [3.8, 4) is 0 Å². The molecule has 3 nitrogen and oxygen atoms in total. The highest BCUT2D eigenvalue weighted by Crippen LogP contribution is 2.34. The number of ether oxygens (including phenoxy) is 1. The Morgan fingerprint density at radius 2 is 1.75 bits per heavy atom. The number of hydrogen-bond donors (Lipinski definition) is 0. The van der Waals surface area contributed by atoms with Gasteiger partial charge in [-0.25, -0.2) is 0 Å².